The molecule has 11 nitrogen and oxygen atoms in total. The van der Waals surface area contributed by atoms with E-state index in [1.807, 2.05) is 0 Å². The van der Waals surface area contributed by atoms with Crippen LogP contribution < -0.4 is 10.6 Å². The predicted molar refractivity (Wildman–Crippen MR) is 128 cm³/mol. The van der Waals surface area contributed by atoms with Crippen molar-refractivity contribution < 1.29 is 43.7 Å². The van der Waals surface area contributed by atoms with Gasteiger partial charge in [-0.25, -0.2) is 4.79 Å². The molecule has 0 aliphatic heterocycles. The van der Waals surface area contributed by atoms with Gasteiger partial charge in [-0.15, -0.1) is 0 Å². The van der Waals surface area contributed by atoms with Crippen molar-refractivity contribution in [2.75, 3.05) is 25.6 Å². The summed E-state index contributed by atoms with van der Waals surface area (Å²) in [5.74, 6) is -11.4. The molecule has 1 aromatic carbocycles. The fourth-order valence-electron chi connectivity index (χ4n) is 5.91. The maximum absolute atomic E-state index is 13.8. The Morgan fingerprint density at radius 2 is 1.86 bits per heavy atom. The monoisotopic (exact) mass is 512 g/mol. The minimum atomic E-state index is -2.71. The third-order valence-corrected chi connectivity index (χ3v) is 7.58. The molecule has 4 N–H and O–H groups in total. The van der Waals surface area contributed by atoms with Gasteiger partial charge in [-0.2, -0.15) is 0 Å². The number of nitrogens with two attached hydrogens (primary N) is 1. The van der Waals surface area contributed by atoms with Crippen molar-refractivity contribution in [1.29, 1.82) is 0 Å². The van der Waals surface area contributed by atoms with Crippen molar-refractivity contribution in [2.24, 2.45) is 29.4 Å². The van der Waals surface area contributed by atoms with Gasteiger partial charge in [-0.3, -0.25) is 24.0 Å². The summed E-state index contributed by atoms with van der Waals surface area (Å²) in [5, 5.41) is 22.3. The lowest BCUT2D eigenvalue weighted by atomic mass is 9.53. The summed E-state index contributed by atoms with van der Waals surface area (Å²) in [6.45, 7) is 1.79. The molecule has 0 saturated heterocycles. The average Bonchev–Trinajstić information content (AvgIpc) is 2.80. The molecule has 3 aliphatic carbocycles. The zero-order valence-corrected chi connectivity index (χ0v) is 20.6. The van der Waals surface area contributed by atoms with Gasteiger partial charge >= 0.3 is 5.97 Å². The van der Waals surface area contributed by atoms with E-state index in [1.165, 1.54) is 6.08 Å². The summed E-state index contributed by atoms with van der Waals surface area (Å²) in [6, 6.07) is 1.60. The first-order valence-electron chi connectivity index (χ1n) is 11.9. The quantitative estimate of drug-likeness (QED) is 0.275. The Bertz CT molecular complexity index is 1280. The molecule has 0 bridgehead atoms. The fourth-order valence-corrected chi connectivity index (χ4v) is 5.91. The molecule has 0 aromatic heterocycles. The molecule has 3 aliphatic rings. The van der Waals surface area contributed by atoms with Crippen molar-refractivity contribution >= 4 is 46.8 Å². The molecule has 2 saturated carbocycles. The number of Topliss-reactive ketones (excluding diaryl/α,β-unsaturated/α-hetero) is 4. The maximum Gasteiger partial charge on any atom is 0.330 e. The van der Waals surface area contributed by atoms with Crippen LogP contribution in [0.3, 0.4) is 0 Å². The van der Waals surface area contributed by atoms with Gasteiger partial charge < -0.3 is 25.6 Å². The number of hydrogen-bond acceptors (Lipinski definition) is 10. The van der Waals surface area contributed by atoms with E-state index in [9.17, 15) is 39.0 Å². The maximum atomic E-state index is 13.8. The minimum absolute atomic E-state index is 0.0131. The van der Waals surface area contributed by atoms with Gasteiger partial charge in [0.15, 0.2) is 34.7 Å². The number of carbonyl (C=O) groups is 6. The first-order chi connectivity index (χ1) is 17.3. The number of aliphatic hydroxyl groups is 1. The minimum Gasteiger partial charge on any atom is -0.507 e. The Balaban J connectivity index is 1.82. The summed E-state index contributed by atoms with van der Waals surface area (Å²) in [7, 11) is 3.46. The molecule has 0 heterocycles. The van der Waals surface area contributed by atoms with E-state index < -0.39 is 76.5 Å². The molecule has 196 valence electrons. The second kappa shape index (κ2) is 9.22. The van der Waals surface area contributed by atoms with Crippen molar-refractivity contribution in [3.63, 3.8) is 0 Å². The highest BCUT2D eigenvalue weighted by Gasteiger charge is 2.66. The molecule has 5 atom stereocenters. The number of carbonyl (C=O) groups excluding carboxylic acids is 6. The molecule has 0 radical (unpaired) electrons. The van der Waals surface area contributed by atoms with Crippen LogP contribution >= 0.6 is 0 Å². The van der Waals surface area contributed by atoms with Crippen LogP contribution in [-0.4, -0.2) is 71.5 Å². The first kappa shape index (κ1) is 26.2. The van der Waals surface area contributed by atoms with Gasteiger partial charge in [0.25, 0.3) is 0 Å². The molecule has 37 heavy (non-hydrogen) atoms. The number of phenols is 1. The smallest absolute Gasteiger partial charge is 0.330 e. The zero-order chi connectivity index (χ0) is 27.4. The van der Waals surface area contributed by atoms with Crippen molar-refractivity contribution in [1.82, 2.24) is 0 Å². The molecule has 2 fully saturated rings. The molecule has 1 aromatic rings. The lowest BCUT2D eigenvalue weighted by Gasteiger charge is -2.48. The molecule has 1 amide bonds. The Labute approximate surface area is 212 Å². The Morgan fingerprint density at radius 3 is 2.46 bits per heavy atom. The molecule has 11 heteroatoms. The number of nitrogens with zero attached hydrogens (tertiary/aromatic N) is 1. The number of benzene rings is 1. The van der Waals surface area contributed by atoms with Crippen molar-refractivity contribution in [3.05, 3.63) is 28.8 Å². The molecular formula is C26H28N2O9. The molecule has 0 spiro atoms. The third-order valence-electron chi connectivity index (χ3n) is 7.58. The number of aromatic hydroxyl groups is 1. The van der Waals surface area contributed by atoms with E-state index in [0.717, 1.165) is 6.08 Å². The number of rotatable bonds is 5. The molecular weight excluding hydrogens is 484 g/mol. The van der Waals surface area contributed by atoms with Crippen LogP contribution in [0.5, 0.6) is 5.75 Å². The first-order valence-corrected chi connectivity index (χ1v) is 11.9. The highest BCUT2D eigenvalue weighted by molar-refractivity contribution is 6.31. The zero-order valence-electron chi connectivity index (χ0n) is 20.6. The van der Waals surface area contributed by atoms with Crippen LogP contribution in [0.15, 0.2) is 12.1 Å². The van der Waals surface area contributed by atoms with E-state index in [0.29, 0.717) is 11.3 Å². The second-order valence-corrected chi connectivity index (χ2v) is 9.91. The number of hydrogen-bond donors (Lipinski definition) is 3. The van der Waals surface area contributed by atoms with Crippen LogP contribution in [-0.2, 0) is 35.1 Å². The standard InChI is InChI=1S/C26H28N2O9/c1-4-37-17(30)6-5-11-9-15(28(2)3)14-8-12-7-13-10-16(29)20(25(27)35)24(34)26(13,36)23(33)18(12)22(32)19(14)21(11)31/h5-6,9,12-13,18,20,31,36H,4,7-8,10H2,1-3H3,(H2,27,35)/t12-,13+,18?,20?,26+/m1/s1. The van der Waals surface area contributed by atoms with E-state index in [4.69, 9.17) is 10.5 Å². The van der Waals surface area contributed by atoms with E-state index in [1.54, 1.807) is 32.0 Å². The van der Waals surface area contributed by atoms with Crippen LogP contribution in [0.2, 0.25) is 0 Å². The summed E-state index contributed by atoms with van der Waals surface area (Å²) >= 11 is 0. The van der Waals surface area contributed by atoms with E-state index in [2.05, 4.69) is 0 Å². The second-order valence-electron chi connectivity index (χ2n) is 9.91. The van der Waals surface area contributed by atoms with Gasteiger partial charge in [0, 0.05) is 43.8 Å². The highest BCUT2D eigenvalue weighted by Crippen LogP contribution is 2.51. The van der Waals surface area contributed by atoms with E-state index >= 15 is 0 Å². The number of phenolic OH excluding ortho intramolecular Hbond substituents is 1. The topological polar surface area (TPSA) is 181 Å². The lowest BCUT2D eigenvalue weighted by molar-refractivity contribution is -0.175. The average molecular weight is 513 g/mol. The van der Waals surface area contributed by atoms with Crippen LogP contribution in [0.25, 0.3) is 6.08 Å². The predicted octanol–water partition coefficient (Wildman–Crippen LogP) is -0.0308. The molecule has 2 unspecified atom stereocenters. The normalized spacial score (nSPS) is 29.0. The number of esters is 1. The van der Waals surface area contributed by atoms with Crippen molar-refractivity contribution in [2.45, 2.75) is 31.8 Å². The Morgan fingerprint density at radius 1 is 1.19 bits per heavy atom. The van der Waals surface area contributed by atoms with Gasteiger partial charge in [-0.1, -0.05) is 0 Å². The summed E-state index contributed by atoms with van der Waals surface area (Å²) in [6.07, 6.45) is 2.17. The number of ketones is 4. The number of fused-ring (bicyclic) bond motifs is 3. The fraction of sp³-hybridized carbons (Fsp3) is 0.462. The Kier molecular flexibility index (Phi) is 6.53. The lowest BCUT2D eigenvalue weighted by Crippen LogP contribution is -2.68. The Hall–Kier alpha value is -3.86. The molecule has 4 rings (SSSR count). The number of ether oxygens (including phenoxy) is 1. The number of primary amides is 1. The highest BCUT2D eigenvalue weighted by atomic mass is 16.5. The van der Waals surface area contributed by atoms with Gasteiger partial charge in [-0.05, 0) is 43.4 Å². The largest absolute Gasteiger partial charge is 0.507 e. The SMILES string of the molecule is CCOC(=O)C=Cc1cc(N(C)C)c2c(c1O)C(=O)C1C(=O)[C@]3(O)C(=O)C(C(N)=O)C(=O)C[C@@H]3C[C@@H]1C2. The van der Waals surface area contributed by atoms with E-state index in [-0.39, 0.29) is 30.6 Å². The van der Waals surface area contributed by atoms with Crippen molar-refractivity contribution in [3.8, 4) is 5.75 Å². The van der Waals surface area contributed by atoms with Crippen LogP contribution in [0.1, 0.15) is 41.3 Å². The number of amides is 1. The summed E-state index contributed by atoms with van der Waals surface area (Å²) in [4.78, 5) is 78.1. The third kappa shape index (κ3) is 3.93. The van der Waals surface area contributed by atoms with Crippen LogP contribution in [0, 0.1) is 23.7 Å². The summed E-state index contributed by atoms with van der Waals surface area (Å²) < 4.78 is 4.86. The van der Waals surface area contributed by atoms with Crippen LogP contribution in [0.4, 0.5) is 5.69 Å². The number of anilines is 1. The van der Waals surface area contributed by atoms with Gasteiger partial charge in [0.2, 0.25) is 5.91 Å². The van der Waals surface area contributed by atoms with Gasteiger partial charge in [0.05, 0.1) is 18.1 Å². The van der Waals surface area contributed by atoms with Gasteiger partial charge in [0.1, 0.15) is 5.75 Å². The summed E-state index contributed by atoms with van der Waals surface area (Å²) in [5.41, 5.74) is 3.53.